The molecule has 0 spiro atoms. The SMILES string of the molecule is COc1cc(OC)cc(C(Br)C(C)=O)c1. The number of halogens is 1. The summed E-state index contributed by atoms with van der Waals surface area (Å²) in [5.74, 6) is 1.40. The van der Waals surface area contributed by atoms with Crippen LogP contribution < -0.4 is 9.47 Å². The van der Waals surface area contributed by atoms with Crippen LogP contribution in [0.5, 0.6) is 11.5 Å². The topological polar surface area (TPSA) is 35.5 Å². The number of carbonyl (C=O) groups is 1. The van der Waals surface area contributed by atoms with Crippen molar-refractivity contribution in [3.63, 3.8) is 0 Å². The molecule has 1 unspecified atom stereocenters. The highest BCUT2D eigenvalue weighted by molar-refractivity contribution is 9.09. The molecule has 0 saturated carbocycles. The number of ketones is 1. The predicted molar refractivity (Wildman–Crippen MR) is 61.9 cm³/mol. The average molecular weight is 273 g/mol. The van der Waals surface area contributed by atoms with Gasteiger partial charge in [-0.15, -0.1) is 0 Å². The number of carbonyl (C=O) groups excluding carboxylic acids is 1. The summed E-state index contributed by atoms with van der Waals surface area (Å²) in [6.45, 7) is 1.53. The number of benzene rings is 1. The largest absolute Gasteiger partial charge is 0.497 e. The molecule has 0 saturated heterocycles. The molecule has 1 aromatic carbocycles. The molecule has 0 radical (unpaired) electrons. The first-order valence-corrected chi connectivity index (χ1v) is 5.37. The van der Waals surface area contributed by atoms with Crippen LogP contribution in [0.15, 0.2) is 18.2 Å². The van der Waals surface area contributed by atoms with E-state index in [-0.39, 0.29) is 10.6 Å². The van der Waals surface area contributed by atoms with Crippen LogP contribution in [-0.4, -0.2) is 20.0 Å². The van der Waals surface area contributed by atoms with Crippen LogP contribution in [0.2, 0.25) is 0 Å². The summed E-state index contributed by atoms with van der Waals surface area (Å²) in [5.41, 5.74) is 0.832. The van der Waals surface area contributed by atoms with E-state index in [1.807, 2.05) is 12.1 Å². The van der Waals surface area contributed by atoms with Crippen molar-refractivity contribution in [2.75, 3.05) is 14.2 Å². The first-order chi connectivity index (χ1) is 7.08. The maximum atomic E-state index is 11.2. The van der Waals surface area contributed by atoms with Gasteiger partial charge in [-0.3, -0.25) is 4.79 Å². The van der Waals surface area contributed by atoms with Crippen molar-refractivity contribution in [1.29, 1.82) is 0 Å². The monoisotopic (exact) mass is 272 g/mol. The molecule has 4 heteroatoms. The highest BCUT2D eigenvalue weighted by Crippen LogP contribution is 2.31. The molecule has 0 bridgehead atoms. The van der Waals surface area contributed by atoms with E-state index in [1.165, 1.54) is 6.92 Å². The first kappa shape index (κ1) is 12.0. The molecule has 0 heterocycles. The zero-order valence-corrected chi connectivity index (χ0v) is 10.5. The van der Waals surface area contributed by atoms with Gasteiger partial charge in [-0.05, 0) is 24.6 Å². The molecule has 0 amide bonds. The van der Waals surface area contributed by atoms with Crippen LogP contribution in [0.4, 0.5) is 0 Å². The lowest BCUT2D eigenvalue weighted by molar-refractivity contribution is -0.116. The van der Waals surface area contributed by atoms with Crippen LogP contribution in [-0.2, 0) is 4.79 Å². The zero-order chi connectivity index (χ0) is 11.4. The fourth-order valence-electron chi connectivity index (χ4n) is 1.21. The van der Waals surface area contributed by atoms with E-state index >= 15 is 0 Å². The Bertz CT molecular complexity index is 341. The van der Waals surface area contributed by atoms with Gasteiger partial charge in [-0.2, -0.15) is 0 Å². The van der Waals surface area contributed by atoms with Crippen LogP contribution in [0, 0.1) is 0 Å². The third-order valence-electron chi connectivity index (χ3n) is 2.02. The maximum absolute atomic E-state index is 11.2. The number of Topliss-reactive ketones (excluding diaryl/α,β-unsaturated/α-hetero) is 1. The maximum Gasteiger partial charge on any atom is 0.147 e. The minimum atomic E-state index is -0.318. The number of ether oxygens (including phenoxy) is 2. The molecule has 82 valence electrons. The van der Waals surface area contributed by atoms with Gasteiger partial charge < -0.3 is 9.47 Å². The molecule has 0 aliphatic heterocycles. The van der Waals surface area contributed by atoms with Gasteiger partial charge in [0.1, 0.15) is 17.3 Å². The molecule has 3 nitrogen and oxygen atoms in total. The molecule has 0 aliphatic rings. The molecule has 0 aromatic heterocycles. The summed E-state index contributed by atoms with van der Waals surface area (Å²) >= 11 is 3.32. The number of methoxy groups -OCH3 is 2. The van der Waals surface area contributed by atoms with Crippen LogP contribution in [0.25, 0.3) is 0 Å². The fourth-order valence-corrected chi connectivity index (χ4v) is 1.47. The Morgan fingerprint density at radius 3 is 2.00 bits per heavy atom. The molecule has 1 aromatic rings. The van der Waals surface area contributed by atoms with Gasteiger partial charge in [0, 0.05) is 6.07 Å². The van der Waals surface area contributed by atoms with E-state index in [9.17, 15) is 4.79 Å². The Hall–Kier alpha value is -1.03. The van der Waals surface area contributed by atoms with Crippen molar-refractivity contribution in [2.24, 2.45) is 0 Å². The van der Waals surface area contributed by atoms with Gasteiger partial charge in [0.15, 0.2) is 0 Å². The number of alkyl halides is 1. The van der Waals surface area contributed by atoms with E-state index in [1.54, 1.807) is 20.3 Å². The lowest BCUT2D eigenvalue weighted by Crippen LogP contribution is -2.01. The lowest BCUT2D eigenvalue weighted by atomic mass is 10.1. The number of hydrogen-bond acceptors (Lipinski definition) is 3. The molecular formula is C11H13BrO3. The van der Waals surface area contributed by atoms with Crippen molar-refractivity contribution < 1.29 is 14.3 Å². The van der Waals surface area contributed by atoms with Crippen molar-refractivity contribution in [2.45, 2.75) is 11.8 Å². The minimum absolute atomic E-state index is 0.0466. The predicted octanol–water partition coefficient (Wildman–Crippen LogP) is 2.73. The Morgan fingerprint density at radius 2 is 1.67 bits per heavy atom. The van der Waals surface area contributed by atoms with E-state index in [0.29, 0.717) is 11.5 Å². The van der Waals surface area contributed by atoms with Gasteiger partial charge in [-0.25, -0.2) is 0 Å². The third-order valence-corrected chi connectivity index (χ3v) is 3.20. The van der Waals surface area contributed by atoms with E-state index in [2.05, 4.69) is 15.9 Å². The minimum Gasteiger partial charge on any atom is -0.497 e. The van der Waals surface area contributed by atoms with E-state index in [4.69, 9.17) is 9.47 Å². The Morgan fingerprint density at radius 1 is 1.20 bits per heavy atom. The Labute approximate surface area is 97.5 Å². The second-order valence-corrected chi connectivity index (χ2v) is 4.03. The van der Waals surface area contributed by atoms with Crippen molar-refractivity contribution in [1.82, 2.24) is 0 Å². The van der Waals surface area contributed by atoms with Crippen molar-refractivity contribution in [3.05, 3.63) is 23.8 Å². The van der Waals surface area contributed by atoms with Crippen LogP contribution in [0.3, 0.4) is 0 Å². The van der Waals surface area contributed by atoms with Crippen LogP contribution in [0.1, 0.15) is 17.3 Å². The second kappa shape index (κ2) is 5.16. The van der Waals surface area contributed by atoms with Crippen molar-refractivity contribution in [3.8, 4) is 11.5 Å². The van der Waals surface area contributed by atoms with Crippen LogP contribution >= 0.6 is 15.9 Å². The van der Waals surface area contributed by atoms with E-state index in [0.717, 1.165) is 5.56 Å². The molecular weight excluding hydrogens is 260 g/mol. The summed E-state index contributed by atoms with van der Waals surface area (Å²) < 4.78 is 10.2. The highest BCUT2D eigenvalue weighted by Gasteiger charge is 2.14. The second-order valence-electron chi connectivity index (χ2n) is 3.12. The summed E-state index contributed by atoms with van der Waals surface area (Å²) in [7, 11) is 3.16. The third kappa shape index (κ3) is 2.96. The standard InChI is InChI=1S/C11H13BrO3/c1-7(13)11(12)8-4-9(14-2)6-10(5-8)15-3/h4-6,11H,1-3H3. The summed E-state index contributed by atoms with van der Waals surface area (Å²) in [6.07, 6.45) is 0. The lowest BCUT2D eigenvalue weighted by Gasteiger charge is -2.10. The fraction of sp³-hybridized carbons (Fsp3) is 0.364. The van der Waals surface area contributed by atoms with Gasteiger partial charge in [0.05, 0.1) is 19.0 Å². The van der Waals surface area contributed by atoms with Gasteiger partial charge >= 0.3 is 0 Å². The molecule has 0 fully saturated rings. The molecule has 0 aliphatic carbocycles. The first-order valence-electron chi connectivity index (χ1n) is 4.46. The molecule has 15 heavy (non-hydrogen) atoms. The number of rotatable bonds is 4. The average Bonchev–Trinajstić information content (AvgIpc) is 2.27. The normalized spacial score (nSPS) is 12.0. The van der Waals surface area contributed by atoms with Gasteiger partial charge in [0.2, 0.25) is 0 Å². The smallest absolute Gasteiger partial charge is 0.147 e. The zero-order valence-electron chi connectivity index (χ0n) is 8.91. The van der Waals surface area contributed by atoms with Gasteiger partial charge in [0.25, 0.3) is 0 Å². The number of hydrogen-bond donors (Lipinski definition) is 0. The Balaban J connectivity index is 3.11. The quantitative estimate of drug-likeness (QED) is 0.791. The molecule has 1 rings (SSSR count). The summed E-state index contributed by atoms with van der Waals surface area (Å²) in [4.78, 5) is 10.9. The van der Waals surface area contributed by atoms with Gasteiger partial charge in [-0.1, -0.05) is 15.9 Å². The highest BCUT2D eigenvalue weighted by atomic mass is 79.9. The molecule has 1 atom stereocenters. The van der Waals surface area contributed by atoms with E-state index < -0.39 is 0 Å². The Kier molecular flexibility index (Phi) is 4.15. The molecule has 0 N–H and O–H groups in total. The van der Waals surface area contributed by atoms with Crippen molar-refractivity contribution >= 4 is 21.7 Å². The summed E-state index contributed by atoms with van der Waals surface area (Å²) in [6, 6.07) is 5.38. The summed E-state index contributed by atoms with van der Waals surface area (Å²) in [5, 5.41) is 0.